The maximum absolute atomic E-state index is 10.5. The second kappa shape index (κ2) is 4.16. The van der Waals surface area contributed by atoms with Gasteiger partial charge in [-0.3, -0.25) is 10.1 Å². The first kappa shape index (κ1) is 10.4. The molecule has 1 aliphatic heterocycles. The predicted octanol–water partition coefficient (Wildman–Crippen LogP) is 0.850. The zero-order valence-electron chi connectivity index (χ0n) is 8.43. The summed E-state index contributed by atoms with van der Waals surface area (Å²) < 4.78 is 0. The number of rotatable bonds is 3. The highest BCUT2D eigenvalue weighted by atomic mass is 16.6. The Kier molecular flexibility index (Phi) is 2.70. The van der Waals surface area contributed by atoms with Crippen molar-refractivity contribution in [3.8, 4) is 6.07 Å². The quantitative estimate of drug-likeness (QED) is 0.579. The fourth-order valence-corrected chi connectivity index (χ4v) is 1.47. The van der Waals surface area contributed by atoms with Crippen molar-refractivity contribution in [2.24, 2.45) is 0 Å². The van der Waals surface area contributed by atoms with Gasteiger partial charge in [-0.15, -0.1) is 0 Å². The second-order valence-corrected chi connectivity index (χ2v) is 3.60. The molecule has 82 valence electrons. The smallest absolute Gasteiger partial charge is 0.270 e. The Morgan fingerprint density at radius 3 is 2.81 bits per heavy atom. The summed E-state index contributed by atoms with van der Waals surface area (Å²) in [4.78, 5) is 10.0. The summed E-state index contributed by atoms with van der Waals surface area (Å²) >= 11 is 0. The number of benzene rings is 1. The zero-order valence-corrected chi connectivity index (χ0v) is 8.43. The number of nitro groups is 1. The van der Waals surface area contributed by atoms with Gasteiger partial charge in [-0.2, -0.15) is 5.26 Å². The molecule has 1 aromatic carbocycles. The molecule has 1 heterocycles. The monoisotopic (exact) mass is 218 g/mol. The first-order valence-electron chi connectivity index (χ1n) is 4.86. The van der Waals surface area contributed by atoms with Crippen LogP contribution >= 0.6 is 0 Å². The van der Waals surface area contributed by atoms with Gasteiger partial charge in [0.2, 0.25) is 0 Å². The van der Waals surface area contributed by atoms with E-state index in [0.717, 1.165) is 13.1 Å². The first-order chi connectivity index (χ1) is 7.70. The third-order valence-electron chi connectivity index (χ3n) is 2.48. The molecule has 2 rings (SSSR count). The van der Waals surface area contributed by atoms with E-state index in [2.05, 4.69) is 10.6 Å². The Morgan fingerprint density at radius 2 is 2.31 bits per heavy atom. The molecule has 0 saturated carbocycles. The van der Waals surface area contributed by atoms with Crippen LogP contribution in [0.2, 0.25) is 0 Å². The number of nitriles is 1. The number of hydrogen-bond donors (Lipinski definition) is 2. The van der Waals surface area contributed by atoms with Crippen LogP contribution in [0.4, 0.5) is 11.4 Å². The van der Waals surface area contributed by atoms with Crippen molar-refractivity contribution in [3.05, 3.63) is 33.9 Å². The summed E-state index contributed by atoms with van der Waals surface area (Å²) in [5.74, 6) is 0. The van der Waals surface area contributed by atoms with E-state index >= 15 is 0 Å². The van der Waals surface area contributed by atoms with E-state index in [1.165, 1.54) is 12.1 Å². The number of nitrogens with one attached hydrogen (secondary N) is 2. The van der Waals surface area contributed by atoms with Crippen LogP contribution in [0.5, 0.6) is 0 Å². The first-order valence-corrected chi connectivity index (χ1v) is 4.86. The van der Waals surface area contributed by atoms with E-state index in [4.69, 9.17) is 5.26 Å². The number of nitrogens with zero attached hydrogens (tertiary/aromatic N) is 2. The normalized spacial score (nSPS) is 14.9. The van der Waals surface area contributed by atoms with E-state index in [0.29, 0.717) is 17.3 Å². The third-order valence-corrected chi connectivity index (χ3v) is 2.48. The van der Waals surface area contributed by atoms with E-state index in [1.807, 2.05) is 6.07 Å². The summed E-state index contributed by atoms with van der Waals surface area (Å²) in [6.07, 6.45) is 0. The third kappa shape index (κ3) is 1.94. The van der Waals surface area contributed by atoms with Gasteiger partial charge in [0, 0.05) is 25.2 Å². The highest BCUT2D eigenvalue weighted by molar-refractivity contribution is 5.62. The SMILES string of the molecule is N#Cc1cc([N+](=O)[O-])ccc1NC1CNC1. The molecule has 16 heavy (non-hydrogen) atoms. The number of hydrogen-bond acceptors (Lipinski definition) is 5. The van der Waals surface area contributed by atoms with Gasteiger partial charge in [-0.1, -0.05) is 0 Å². The predicted molar refractivity (Wildman–Crippen MR) is 58.1 cm³/mol. The van der Waals surface area contributed by atoms with Gasteiger partial charge >= 0.3 is 0 Å². The van der Waals surface area contributed by atoms with Crippen molar-refractivity contribution in [2.75, 3.05) is 18.4 Å². The Hall–Kier alpha value is -2.13. The van der Waals surface area contributed by atoms with Crippen molar-refractivity contribution >= 4 is 11.4 Å². The molecule has 6 nitrogen and oxygen atoms in total. The minimum atomic E-state index is -0.504. The fraction of sp³-hybridized carbons (Fsp3) is 0.300. The molecule has 1 aliphatic rings. The molecule has 0 amide bonds. The van der Waals surface area contributed by atoms with Crippen LogP contribution in [-0.4, -0.2) is 24.1 Å². The molecule has 0 aromatic heterocycles. The highest BCUT2D eigenvalue weighted by Crippen LogP contribution is 2.22. The van der Waals surface area contributed by atoms with Crippen LogP contribution in [0.1, 0.15) is 5.56 Å². The summed E-state index contributed by atoms with van der Waals surface area (Å²) in [7, 11) is 0. The molecule has 0 bridgehead atoms. The fourth-order valence-electron chi connectivity index (χ4n) is 1.47. The van der Waals surface area contributed by atoms with Crippen LogP contribution in [0.25, 0.3) is 0 Å². The van der Waals surface area contributed by atoms with Gasteiger partial charge < -0.3 is 10.6 Å². The van der Waals surface area contributed by atoms with Crippen molar-refractivity contribution in [2.45, 2.75) is 6.04 Å². The average molecular weight is 218 g/mol. The molecule has 1 saturated heterocycles. The second-order valence-electron chi connectivity index (χ2n) is 3.60. The summed E-state index contributed by atoms with van der Waals surface area (Å²) in [6, 6.07) is 6.52. The van der Waals surface area contributed by atoms with Crippen molar-refractivity contribution < 1.29 is 4.92 Å². The zero-order chi connectivity index (χ0) is 11.5. The summed E-state index contributed by atoms with van der Waals surface area (Å²) in [6.45, 7) is 1.70. The molecule has 1 aromatic rings. The molecule has 6 heteroatoms. The Labute approximate surface area is 92.0 Å². The van der Waals surface area contributed by atoms with Crippen molar-refractivity contribution in [1.29, 1.82) is 5.26 Å². The van der Waals surface area contributed by atoms with Gasteiger partial charge in [0.25, 0.3) is 5.69 Å². The van der Waals surface area contributed by atoms with Crippen LogP contribution in [0, 0.1) is 21.4 Å². The van der Waals surface area contributed by atoms with Gasteiger partial charge in [0.05, 0.1) is 22.2 Å². The van der Waals surface area contributed by atoms with Crippen LogP contribution < -0.4 is 10.6 Å². The van der Waals surface area contributed by atoms with Gasteiger partial charge in [0.15, 0.2) is 0 Å². The highest BCUT2D eigenvalue weighted by Gasteiger charge is 2.18. The molecule has 1 fully saturated rings. The van der Waals surface area contributed by atoms with Crippen LogP contribution in [0.3, 0.4) is 0 Å². The summed E-state index contributed by atoms with van der Waals surface area (Å²) in [5.41, 5.74) is 0.898. The Balaban J connectivity index is 2.24. The number of anilines is 1. The van der Waals surface area contributed by atoms with Gasteiger partial charge in [-0.05, 0) is 6.07 Å². The lowest BCUT2D eigenvalue weighted by atomic mass is 10.1. The molecule has 0 atom stereocenters. The summed E-state index contributed by atoms with van der Waals surface area (Å²) in [5, 5.41) is 25.7. The maximum Gasteiger partial charge on any atom is 0.270 e. The molecule has 0 spiro atoms. The van der Waals surface area contributed by atoms with E-state index < -0.39 is 4.92 Å². The Morgan fingerprint density at radius 1 is 1.56 bits per heavy atom. The van der Waals surface area contributed by atoms with E-state index in [9.17, 15) is 10.1 Å². The lowest BCUT2D eigenvalue weighted by Crippen LogP contribution is -2.51. The van der Waals surface area contributed by atoms with Crippen LogP contribution in [0.15, 0.2) is 18.2 Å². The van der Waals surface area contributed by atoms with Crippen molar-refractivity contribution in [3.63, 3.8) is 0 Å². The maximum atomic E-state index is 10.5. The standard InChI is InChI=1S/C10H10N4O2/c11-4-7-3-9(14(15)16)1-2-10(7)13-8-5-12-6-8/h1-3,8,12-13H,5-6H2. The van der Waals surface area contributed by atoms with Gasteiger partial charge in [0.1, 0.15) is 6.07 Å². The number of nitro benzene ring substituents is 1. The molecule has 0 radical (unpaired) electrons. The lowest BCUT2D eigenvalue weighted by molar-refractivity contribution is -0.384. The molecular weight excluding hydrogens is 208 g/mol. The van der Waals surface area contributed by atoms with E-state index in [-0.39, 0.29) is 5.69 Å². The molecule has 0 unspecified atom stereocenters. The molecule has 2 N–H and O–H groups in total. The van der Waals surface area contributed by atoms with E-state index in [1.54, 1.807) is 6.07 Å². The van der Waals surface area contributed by atoms with Crippen molar-refractivity contribution in [1.82, 2.24) is 5.32 Å². The molecular formula is C10H10N4O2. The lowest BCUT2D eigenvalue weighted by Gasteiger charge is -2.29. The largest absolute Gasteiger partial charge is 0.379 e. The number of non-ortho nitro benzene ring substituents is 1. The Bertz CT molecular complexity index is 462. The average Bonchev–Trinajstić information content (AvgIpc) is 2.23. The topological polar surface area (TPSA) is 91.0 Å². The minimum Gasteiger partial charge on any atom is -0.379 e. The van der Waals surface area contributed by atoms with Crippen LogP contribution in [-0.2, 0) is 0 Å². The molecule has 0 aliphatic carbocycles. The minimum absolute atomic E-state index is 0.0613. The van der Waals surface area contributed by atoms with Gasteiger partial charge in [-0.25, -0.2) is 0 Å².